The van der Waals surface area contributed by atoms with E-state index in [-0.39, 0.29) is 5.57 Å². The smallest absolute Gasteiger partial charge is 0.295 e. The minimum Gasteiger partial charge on any atom is -0.872 e. The van der Waals surface area contributed by atoms with Gasteiger partial charge in [-0.1, -0.05) is 56.0 Å². The molecule has 3 aromatic carbocycles. The number of quaternary nitrogens is 1. The Bertz CT molecular complexity index is 1460. The second-order valence-corrected chi connectivity index (χ2v) is 11.6. The lowest BCUT2D eigenvalue weighted by atomic mass is 9.93. The van der Waals surface area contributed by atoms with Crippen molar-refractivity contribution in [2.75, 3.05) is 46.0 Å². The first-order valence-corrected chi connectivity index (χ1v) is 15.1. The van der Waals surface area contributed by atoms with E-state index < -0.39 is 23.5 Å². The van der Waals surface area contributed by atoms with E-state index in [1.807, 2.05) is 67.6 Å². The van der Waals surface area contributed by atoms with Crippen LogP contribution in [-0.2, 0) is 14.3 Å². The molecule has 0 aliphatic carbocycles. The van der Waals surface area contributed by atoms with Crippen LogP contribution in [0.5, 0.6) is 17.2 Å². The van der Waals surface area contributed by atoms with Crippen molar-refractivity contribution in [1.82, 2.24) is 4.90 Å². The summed E-state index contributed by atoms with van der Waals surface area (Å²) in [7, 11) is 0. The van der Waals surface area contributed by atoms with Crippen LogP contribution in [0.25, 0.3) is 5.76 Å². The fraction of sp³-hybridized carbons (Fsp3) is 0.371. The van der Waals surface area contributed by atoms with Crippen LogP contribution < -0.4 is 19.5 Å². The molecule has 1 N–H and O–H groups in total. The SMILES string of the molecule is Cc1cc(OCC(C)C)ccc1/C([O-])=C1\C(=O)C(=O)N(CCC[NH+]2CCOCC2)C1c1cccc(Oc2ccccc2)c1. The minimum absolute atomic E-state index is 0.0282. The predicted molar refractivity (Wildman–Crippen MR) is 162 cm³/mol. The van der Waals surface area contributed by atoms with Crippen molar-refractivity contribution >= 4 is 17.4 Å². The number of benzene rings is 3. The summed E-state index contributed by atoms with van der Waals surface area (Å²) in [5.74, 6) is 0.416. The van der Waals surface area contributed by atoms with E-state index >= 15 is 0 Å². The number of morpholine rings is 1. The fourth-order valence-electron chi connectivity index (χ4n) is 5.62. The molecule has 1 amide bonds. The second kappa shape index (κ2) is 13.9. The predicted octanol–water partition coefficient (Wildman–Crippen LogP) is 3.35. The maximum atomic E-state index is 14.1. The van der Waals surface area contributed by atoms with Gasteiger partial charge < -0.3 is 29.1 Å². The molecule has 0 radical (unpaired) electrons. The molecule has 2 saturated heterocycles. The van der Waals surface area contributed by atoms with E-state index in [1.54, 1.807) is 17.0 Å². The summed E-state index contributed by atoms with van der Waals surface area (Å²) in [6.45, 7) is 11.0. The molecule has 2 heterocycles. The summed E-state index contributed by atoms with van der Waals surface area (Å²) in [4.78, 5) is 30.1. The summed E-state index contributed by atoms with van der Waals surface area (Å²) < 4.78 is 17.4. The van der Waals surface area contributed by atoms with Crippen molar-refractivity contribution < 1.29 is 33.8 Å². The number of likely N-dealkylation sites (tertiary alicyclic amines) is 1. The largest absolute Gasteiger partial charge is 0.872 e. The Morgan fingerprint density at radius 3 is 2.44 bits per heavy atom. The summed E-state index contributed by atoms with van der Waals surface area (Å²) >= 11 is 0. The molecule has 8 nitrogen and oxygen atoms in total. The lowest BCUT2D eigenvalue weighted by Crippen LogP contribution is -3.14. The fourth-order valence-corrected chi connectivity index (χ4v) is 5.62. The minimum atomic E-state index is -0.817. The Kier molecular flexibility index (Phi) is 9.79. The lowest BCUT2D eigenvalue weighted by molar-refractivity contribution is -0.908. The lowest BCUT2D eigenvalue weighted by Gasteiger charge is -2.29. The normalized spacial score (nSPS) is 18.8. The molecule has 3 aromatic rings. The van der Waals surface area contributed by atoms with Crippen molar-refractivity contribution in [3.8, 4) is 17.2 Å². The third-order valence-electron chi connectivity index (χ3n) is 7.84. The summed E-state index contributed by atoms with van der Waals surface area (Å²) in [6, 6.07) is 21.1. The van der Waals surface area contributed by atoms with E-state index in [0.29, 0.717) is 59.4 Å². The summed E-state index contributed by atoms with van der Waals surface area (Å²) in [5.41, 5.74) is 1.70. The van der Waals surface area contributed by atoms with Crippen molar-refractivity contribution in [2.24, 2.45) is 5.92 Å². The molecule has 0 aromatic heterocycles. The number of hydrogen-bond donors (Lipinski definition) is 1. The van der Waals surface area contributed by atoms with Gasteiger partial charge in [0, 0.05) is 18.5 Å². The van der Waals surface area contributed by atoms with Gasteiger partial charge in [0.2, 0.25) is 5.78 Å². The van der Waals surface area contributed by atoms with E-state index in [9.17, 15) is 14.7 Å². The summed E-state index contributed by atoms with van der Waals surface area (Å²) in [6.07, 6.45) is 0.702. The Hall–Kier alpha value is -4.14. The van der Waals surface area contributed by atoms with Crippen LogP contribution in [0, 0.1) is 12.8 Å². The number of ketones is 1. The van der Waals surface area contributed by atoms with Crippen molar-refractivity contribution in [2.45, 2.75) is 33.2 Å². The molecule has 2 fully saturated rings. The van der Waals surface area contributed by atoms with Gasteiger partial charge in [0.1, 0.15) is 30.3 Å². The van der Waals surface area contributed by atoms with Crippen LogP contribution in [0.1, 0.15) is 43.0 Å². The van der Waals surface area contributed by atoms with Crippen LogP contribution in [0.2, 0.25) is 0 Å². The zero-order valence-corrected chi connectivity index (χ0v) is 25.1. The van der Waals surface area contributed by atoms with Crippen LogP contribution in [0.3, 0.4) is 0 Å². The Labute approximate surface area is 253 Å². The van der Waals surface area contributed by atoms with Gasteiger partial charge in [0.25, 0.3) is 5.91 Å². The Morgan fingerprint density at radius 1 is 0.977 bits per heavy atom. The van der Waals surface area contributed by atoms with E-state index in [2.05, 4.69) is 13.8 Å². The van der Waals surface area contributed by atoms with E-state index in [0.717, 1.165) is 32.8 Å². The Morgan fingerprint density at radius 2 is 1.72 bits per heavy atom. The molecule has 0 spiro atoms. The van der Waals surface area contributed by atoms with Gasteiger partial charge in [-0.3, -0.25) is 9.59 Å². The number of carbonyl (C=O) groups is 2. The maximum absolute atomic E-state index is 14.1. The standard InChI is InChI=1S/C35H40N2O6/c1-24(2)23-42-28-13-14-30(25(3)21-28)33(38)31-32(26-9-7-12-29(22-26)43-27-10-5-4-6-11-27)37(35(40)34(31)39)16-8-15-36-17-19-41-20-18-36/h4-7,9-14,21-22,24,32,38H,8,15-20,23H2,1-3H3/b33-31+. The number of ether oxygens (including phenoxy) is 3. The highest BCUT2D eigenvalue weighted by Crippen LogP contribution is 2.40. The Balaban J connectivity index is 1.49. The summed E-state index contributed by atoms with van der Waals surface area (Å²) in [5, 5.41) is 14.1. The molecular formula is C35H40N2O6. The number of rotatable bonds is 11. The van der Waals surface area contributed by atoms with Gasteiger partial charge in [-0.15, -0.1) is 0 Å². The molecule has 2 aliphatic rings. The number of hydrogen-bond acceptors (Lipinski definition) is 6. The molecule has 1 atom stereocenters. The van der Waals surface area contributed by atoms with Gasteiger partial charge in [-0.2, -0.15) is 0 Å². The van der Waals surface area contributed by atoms with Crippen molar-refractivity contribution in [3.63, 3.8) is 0 Å². The molecule has 5 rings (SSSR count). The molecule has 43 heavy (non-hydrogen) atoms. The van der Waals surface area contributed by atoms with Crippen LogP contribution >= 0.6 is 0 Å². The average Bonchev–Trinajstić information content (AvgIpc) is 3.26. The average molecular weight is 585 g/mol. The molecule has 0 bridgehead atoms. The first-order valence-electron chi connectivity index (χ1n) is 15.1. The third-order valence-corrected chi connectivity index (χ3v) is 7.84. The zero-order chi connectivity index (χ0) is 30.3. The molecule has 0 saturated carbocycles. The van der Waals surface area contributed by atoms with Gasteiger partial charge in [0.05, 0.1) is 32.4 Å². The van der Waals surface area contributed by atoms with Crippen molar-refractivity contribution in [1.29, 1.82) is 0 Å². The highest BCUT2D eigenvalue weighted by atomic mass is 16.5. The molecule has 226 valence electrons. The monoisotopic (exact) mass is 584 g/mol. The number of nitrogens with one attached hydrogen (secondary N) is 1. The van der Waals surface area contributed by atoms with Gasteiger partial charge >= 0.3 is 0 Å². The molecule has 8 heteroatoms. The quantitative estimate of drug-likeness (QED) is 0.211. The number of para-hydroxylation sites is 1. The van der Waals surface area contributed by atoms with E-state index in [1.165, 1.54) is 4.90 Å². The van der Waals surface area contributed by atoms with Crippen LogP contribution in [0.15, 0.2) is 78.4 Å². The molecule has 2 aliphatic heterocycles. The second-order valence-electron chi connectivity index (χ2n) is 11.6. The molecular weight excluding hydrogens is 544 g/mol. The molecule has 1 unspecified atom stereocenters. The van der Waals surface area contributed by atoms with Crippen LogP contribution in [0.4, 0.5) is 0 Å². The third kappa shape index (κ3) is 7.27. The first kappa shape index (κ1) is 30.3. The van der Waals surface area contributed by atoms with Gasteiger partial charge in [-0.25, -0.2) is 0 Å². The topological polar surface area (TPSA) is 92.6 Å². The highest BCUT2D eigenvalue weighted by molar-refractivity contribution is 6.46. The van der Waals surface area contributed by atoms with Crippen molar-refractivity contribution in [3.05, 3.63) is 95.1 Å². The van der Waals surface area contributed by atoms with Gasteiger partial charge in [-0.05, 0) is 65.9 Å². The number of amides is 1. The maximum Gasteiger partial charge on any atom is 0.295 e. The van der Waals surface area contributed by atoms with Crippen LogP contribution in [-0.4, -0.2) is 62.6 Å². The number of nitrogens with zero attached hydrogens (tertiary/aromatic N) is 1. The van der Waals surface area contributed by atoms with E-state index in [4.69, 9.17) is 14.2 Å². The number of Topliss-reactive ketones (excluding diaryl/α,β-unsaturated/α-hetero) is 1. The first-order chi connectivity index (χ1) is 20.8. The highest BCUT2D eigenvalue weighted by Gasteiger charge is 2.44. The number of carbonyl (C=O) groups excluding carboxylic acids is 2. The number of aryl methyl sites for hydroxylation is 1. The van der Waals surface area contributed by atoms with Gasteiger partial charge in [0.15, 0.2) is 0 Å². The zero-order valence-electron chi connectivity index (χ0n) is 25.1.